The summed E-state index contributed by atoms with van der Waals surface area (Å²) in [6.45, 7) is -3.33. The Labute approximate surface area is 95.7 Å². The minimum Gasteiger partial charge on any atom is -0.245 e. The number of hydrogen-bond donors (Lipinski definition) is 0. The Kier molecular flexibility index (Phi) is 4.38. The Bertz CT molecular complexity index is 317. The zero-order chi connectivity index (χ0) is 15.9. The molecule has 0 aromatic rings. The van der Waals surface area contributed by atoms with E-state index in [1.807, 2.05) is 0 Å². The third-order valence-corrected chi connectivity index (χ3v) is 1.57. The van der Waals surface area contributed by atoms with E-state index in [1.165, 1.54) is 0 Å². The Morgan fingerprint density at radius 3 is 1.26 bits per heavy atom. The molecule has 0 aliphatic rings. The van der Waals surface area contributed by atoms with Gasteiger partial charge in [0, 0.05) is 0 Å². The van der Waals surface area contributed by atoms with Crippen molar-refractivity contribution >= 4 is 0 Å². The van der Waals surface area contributed by atoms with Gasteiger partial charge in [-0.3, -0.25) is 0 Å². The molecule has 0 saturated heterocycles. The van der Waals surface area contributed by atoms with E-state index in [9.17, 15) is 52.7 Å². The van der Waals surface area contributed by atoms with Crippen LogP contribution in [0.2, 0.25) is 0 Å². The van der Waals surface area contributed by atoms with Gasteiger partial charge < -0.3 is 0 Å². The van der Waals surface area contributed by atoms with E-state index in [0.29, 0.717) is 0 Å². The van der Waals surface area contributed by atoms with Crippen LogP contribution in [0.5, 0.6) is 0 Å². The van der Waals surface area contributed by atoms with Crippen LogP contribution in [0.1, 0.15) is 0 Å². The van der Waals surface area contributed by atoms with Gasteiger partial charge in [-0.2, -0.15) is 48.3 Å². The van der Waals surface area contributed by atoms with Gasteiger partial charge in [0.2, 0.25) is 0 Å². The second kappa shape index (κ2) is 4.59. The maximum Gasteiger partial charge on any atom is 0.462 e. The molecule has 1 nitrogen and oxygen atoms in total. The number of halogens is 12. The van der Waals surface area contributed by atoms with Crippen molar-refractivity contribution < 1.29 is 57.4 Å². The van der Waals surface area contributed by atoms with E-state index in [1.54, 1.807) is 4.74 Å². The molecule has 0 rings (SSSR count). The fourth-order valence-corrected chi connectivity index (χ4v) is 0.543. The van der Waals surface area contributed by atoms with Gasteiger partial charge in [-0.1, -0.05) is 0 Å². The molecule has 13 heteroatoms. The number of hydrogen-bond acceptors (Lipinski definition) is 1. The zero-order valence-corrected chi connectivity index (χ0v) is 8.15. The maximum atomic E-state index is 12.2. The van der Waals surface area contributed by atoms with Crippen LogP contribution in [0.25, 0.3) is 0 Å². The van der Waals surface area contributed by atoms with Crippen molar-refractivity contribution in [2.24, 2.45) is 0 Å². The largest absolute Gasteiger partial charge is 0.462 e. The Balaban J connectivity index is 5.39. The number of rotatable bonds is 5. The lowest BCUT2D eigenvalue weighted by Gasteiger charge is -2.32. The summed E-state index contributed by atoms with van der Waals surface area (Å²) in [5, 5.41) is 0. The van der Waals surface area contributed by atoms with Gasteiger partial charge in [0.25, 0.3) is 0 Å². The minimum absolute atomic E-state index is 1.55. The van der Waals surface area contributed by atoms with Gasteiger partial charge in [0.05, 0.1) is 0 Å². The highest BCUT2D eigenvalue weighted by atomic mass is 19.4. The summed E-state index contributed by atoms with van der Waals surface area (Å²) in [6.07, 6.45) is -20.7. The SMILES string of the molecule is FCC(F)(F)C(F)(F)OC(F)(F)C(F)(F)C(F)(F)F. The van der Waals surface area contributed by atoms with Crippen LogP contribution in [0.4, 0.5) is 52.7 Å². The highest BCUT2D eigenvalue weighted by Gasteiger charge is 2.78. The number of ether oxygens (including phenoxy) is 1. The molecule has 0 amide bonds. The van der Waals surface area contributed by atoms with Gasteiger partial charge >= 0.3 is 30.2 Å². The topological polar surface area (TPSA) is 9.23 Å². The Morgan fingerprint density at radius 1 is 0.632 bits per heavy atom. The molecular weight excluding hydrogens is 316 g/mol. The molecule has 0 aromatic carbocycles. The van der Waals surface area contributed by atoms with Crippen molar-refractivity contribution in [2.45, 2.75) is 30.2 Å². The van der Waals surface area contributed by atoms with Crippen molar-refractivity contribution in [3.63, 3.8) is 0 Å². The normalized spacial score (nSPS) is 15.8. The summed E-state index contributed by atoms with van der Waals surface area (Å²) in [4.78, 5) is 0. The predicted octanol–water partition coefficient (Wildman–Crippen LogP) is 3.99. The fraction of sp³-hybridized carbons (Fsp3) is 1.00. The van der Waals surface area contributed by atoms with Crippen LogP contribution in [0.15, 0.2) is 0 Å². The highest BCUT2D eigenvalue weighted by Crippen LogP contribution is 2.50. The molecule has 0 aliphatic carbocycles. The smallest absolute Gasteiger partial charge is 0.245 e. The van der Waals surface area contributed by atoms with Gasteiger partial charge in [-0.25, -0.2) is 9.13 Å². The molecule has 0 spiro atoms. The van der Waals surface area contributed by atoms with Crippen LogP contribution in [0, 0.1) is 0 Å². The van der Waals surface area contributed by atoms with Crippen molar-refractivity contribution in [1.82, 2.24) is 0 Å². The first-order valence-electron chi connectivity index (χ1n) is 3.86. The number of alkyl halides is 12. The molecule has 0 unspecified atom stereocenters. The summed E-state index contributed by atoms with van der Waals surface area (Å²) in [5.74, 6) is -13.2. The second-order valence-electron chi connectivity index (χ2n) is 3.05. The summed E-state index contributed by atoms with van der Waals surface area (Å²) in [5.41, 5.74) is 0. The molecule has 0 bridgehead atoms. The first-order chi connectivity index (χ1) is 8.02. The van der Waals surface area contributed by atoms with Crippen molar-refractivity contribution in [2.75, 3.05) is 6.67 Å². The van der Waals surface area contributed by atoms with E-state index >= 15 is 0 Å². The van der Waals surface area contributed by atoms with E-state index < -0.39 is 36.9 Å². The lowest BCUT2D eigenvalue weighted by molar-refractivity contribution is -0.496. The highest BCUT2D eigenvalue weighted by molar-refractivity contribution is 4.88. The van der Waals surface area contributed by atoms with Gasteiger partial charge in [-0.15, -0.1) is 0 Å². The van der Waals surface area contributed by atoms with Crippen molar-refractivity contribution in [3.05, 3.63) is 0 Å². The average Bonchev–Trinajstić information content (AvgIpc) is 2.13. The molecule has 0 aliphatic heterocycles. The van der Waals surface area contributed by atoms with Gasteiger partial charge in [-0.05, 0) is 0 Å². The maximum absolute atomic E-state index is 12.2. The molecule has 0 heterocycles. The summed E-state index contributed by atoms with van der Waals surface area (Å²) in [6, 6.07) is 0. The average molecular weight is 318 g/mol. The fourth-order valence-electron chi connectivity index (χ4n) is 0.543. The molecule has 116 valence electrons. The third-order valence-electron chi connectivity index (χ3n) is 1.57. The van der Waals surface area contributed by atoms with Gasteiger partial charge in [0.1, 0.15) is 0 Å². The summed E-state index contributed by atoms with van der Waals surface area (Å²) in [7, 11) is 0. The van der Waals surface area contributed by atoms with Crippen molar-refractivity contribution in [1.29, 1.82) is 0 Å². The minimum atomic E-state index is -7.18. The predicted molar refractivity (Wildman–Crippen MR) is 32.9 cm³/mol. The summed E-state index contributed by atoms with van der Waals surface area (Å²) >= 11 is 0. The first-order valence-corrected chi connectivity index (χ1v) is 3.86. The quantitative estimate of drug-likeness (QED) is 0.697. The first kappa shape index (κ1) is 18.1. The lowest BCUT2D eigenvalue weighted by Crippen LogP contribution is -2.58. The molecule has 0 fully saturated rings. The van der Waals surface area contributed by atoms with E-state index in [2.05, 4.69) is 0 Å². The van der Waals surface area contributed by atoms with Crippen LogP contribution >= 0.6 is 0 Å². The zero-order valence-electron chi connectivity index (χ0n) is 8.15. The second-order valence-corrected chi connectivity index (χ2v) is 3.05. The Morgan fingerprint density at radius 2 is 1.00 bits per heavy atom. The van der Waals surface area contributed by atoms with Gasteiger partial charge in [0.15, 0.2) is 6.67 Å². The Hall–Kier alpha value is -0.880. The van der Waals surface area contributed by atoms with Crippen LogP contribution in [-0.4, -0.2) is 36.9 Å². The monoisotopic (exact) mass is 318 g/mol. The van der Waals surface area contributed by atoms with Crippen LogP contribution in [-0.2, 0) is 4.74 Å². The van der Waals surface area contributed by atoms with Crippen LogP contribution in [0.3, 0.4) is 0 Å². The van der Waals surface area contributed by atoms with Crippen LogP contribution < -0.4 is 0 Å². The molecule has 0 radical (unpaired) electrons. The van der Waals surface area contributed by atoms with E-state index in [4.69, 9.17) is 0 Å². The molecule has 19 heavy (non-hydrogen) atoms. The van der Waals surface area contributed by atoms with E-state index in [-0.39, 0.29) is 0 Å². The molecule has 0 aromatic heterocycles. The van der Waals surface area contributed by atoms with Crippen molar-refractivity contribution in [3.8, 4) is 0 Å². The van der Waals surface area contributed by atoms with E-state index in [0.717, 1.165) is 0 Å². The lowest BCUT2D eigenvalue weighted by atomic mass is 10.3. The molecule has 0 atom stereocenters. The summed E-state index contributed by atoms with van der Waals surface area (Å²) < 4.78 is 144. The molecular formula is C6H2F12O. The molecule has 0 N–H and O–H groups in total. The standard InChI is InChI=1S/C6H2F12O/c7-1-2(8,9)5(15,16)19-6(17,18)3(10,11)4(12,13)14/h1H2. The molecule has 0 saturated carbocycles. The third kappa shape index (κ3) is 3.17.